The molecule has 0 saturated heterocycles. The van der Waals surface area contributed by atoms with E-state index in [9.17, 15) is 0 Å². The second-order valence-corrected chi connectivity index (χ2v) is 7.42. The third kappa shape index (κ3) is 5.95. The number of nitrogens with one attached hydrogen (secondary N) is 2. The highest BCUT2D eigenvalue weighted by Crippen LogP contribution is 2.19. The summed E-state index contributed by atoms with van der Waals surface area (Å²) in [6.07, 6.45) is 1.68. The van der Waals surface area contributed by atoms with Crippen LogP contribution in [0.15, 0.2) is 39.9 Å². The first-order valence-corrected chi connectivity index (χ1v) is 10.6. The zero-order valence-electron chi connectivity index (χ0n) is 19.0. The van der Waals surface area contributed by atoms with Gasteiger partial charge in [0.15, 0.2) is 5.96 Å². The highest BCUT2D eigenvalue weighted by atomic mass is 16.5. The van der Waals surface area contributed by atoms with E-state index in [2.05, 4.69) is 46.7 Å². The Morgan fingerprint density at radius 2 is 1.94 bits per heavy atom. The van der Waals surface area contributed by atoms with E-state index >= 15 is 0 Å². The molecule has 31 heavy (non-hydrogen) atoms. The maximum absolute atomic E-state index is 5.65. The van der Waals surface area contributed by atoms with E-state index in [0.717, 1.165) is 47.3 Å². The van der Waals surface area contributed by atoms with E-state index in [-0.39, 0.29) is 0 Å². The summed E-state index contributed by atoms with van der Waals surface area (Å²) in [5, 5.41) is 11.2. The number of ether oxygens (including phenoxy) is 1. The Balaban J connectivity index is 1.64. The van der Waals surface area contributed by atoms with E-state index in [4.69, 9.17) is 14.1 Å². The number of hydrogen-bond donors (Lipinski definition) is 2. The van der Waals surface area contributed by atoms with Gasteiger partial charge in [0, 0.05) is 30.5 Å². The van der Waals surface area contributed by atoms with Crippen molar-refractivity contribution in [2.24, 2.45) is 4.99 Å². The van der Waals surface area contributed by atoms with Crippen LogP contribution in [0.3, 0.4) is 0 Å². The molecular weight excluding hydrogens is 392 g/mol. The van der Waals surface area contributed by atoms with Crippen LogP contribution in [0.2, 0.25) is 0 Å². The molecule has 0 aliphatic carbocycles. The topological polar surface area (TPSA) is 89.5 Å². The highest BCUT2D eigenvalue weighted by Gasteiger charge is 2.12. The zero-order chi connectivity index (χ0) is 22.2. The minimum Gasteiger partial charge on any atom is -0.444 e. The minimum atomic E-state index is 0.520. The summed E-state index contributed by atoms with van der Waals surface area (Å²) in [6.45, 7) is 11.4. The quantitative estimate of drug-likeness (QED) is 0.404. The monoisotopic (exact) mass is 424 g/mol. The van der Waals surface area contributed by atoms with Crippen molar-refractivity contribution in [2.75, 3.05) is 20.3 Å². The van der Waals surface area contributed by atoms with Gasteiger partial charge < -0.3 is 19.8 Å². The maximum Gasteiger partial charge on any atom is 0.226 e. The van der Waals surface area contributed by atoms with Crippen molar-refractivity contribution >= 4 is 5.96 Å². The van der Waals surface area contributed by atoms with E-state index in [1.807, 2.05) is 30.7 Å². The number of rotatable bonds is 9. The predicted octanol–water partition coefficient (Wildman–Crippen LogP) is 3.37. The van der Waals surface area contributed by atoms with Gasteiger partial charge in [0.05, 0.1) is 37.6 Å². The molecule has 2 aromatic heterocycles. The summed E-state index contributed by atoms with van der Waals surface area (Å²) in [4.78, 5) is 9.32. The van der Waals surface area contributed by atoms with Crippen molar-refractivity contribution in [1.29, 1.82) is 0 Å². The predicted molar refractivity (Wildman–Crippen MR) is 122 cm³/mol. The molecule has 0 saturated carbocycles. The molecule has 0 fully saturated rings. The second kappa shape index (κ2) is 10.8. The molecule has 3 rings (SSSR count). The highest BCUT2D eigenvalue weighted by molar-refractivity contribution is 5.79. The molecule has 0 unspecified atom stereocenters. The van der Waals surface area contributed by atoms with Gasteiger partial charge in [0.2, 0.25) is 5.89 Å². The molecule has 0 bridgehead atoms. The van der Waals surface area contributed by atoms with Crippen molar-refractivity contribution in [3.8, 4) is 11.5 Å². The van der Waals surface area contributed by atoms with Gasteiger partial charge >= 0.3 is 0 Å². The van der Waals surface area contributed by atoms with Crippen LogP contribution in [0.4, 0.5) is 0 Å². The number of methoxy groups -OCH3 is 1. The summed E-state index contributed by atoms with van der Waals surface area (Å²) in [5.74, 6) is 1.35. The van der Waals surface area contributed by atoms with Crippen LogP contribution in [0.1, 0.15) is 35.1 Å². The summed E-state index contributed by atoms with van der Waals surface area (Å²) in [7, 11) is 1.70. The Kier molecular flexibility index (Phi) is 7.83. The SMILES string of the molecule is CCNC(=NCc1c(C)nn(CCOC)c1C)NCc1coc(-c2ccc(C)cc2)n1. The van der Waals surface area contributed by atoms with Crippen LogP contribution in [0.5, 0.6) is 0 Å². The van der Waals surface area contributed by atoms with Crippen molar-refractivity contribution < 1.29 is 9.15 Å². The lowest BCUT2D eigenvalue weighted by atomic mass is 10.1. The van der Waals surface area contributed by atoms with Crippen molar-refractivity contribution in [3.05, 3.63) is 58.7 Å². The average Bonchev–Trinajstić information content (AvgIpc) is 3.34. The standard InChI is InChI=1S/C23H32N6O2/c1-6-24-23(26-14-21-17(3)28-29(18(21)4)11-12-30-5)25-13-20-15-31-22(27-20)19-9-7-16(2)8-10-19/h7-10,15H,6,11-14H2,1-5H3,(H2,24,25,26). The third-order valence-electron chi connectivity index (χ3n) is 5.07. The van der Waals surface area contributed by atoms with Gasteiger partial charge in [-0.1, -0.05) is 17.7 Å². The molecule has 2 heterocycles. The molecule has 1 aromatic carbocycles. The number of aryl methyl sites for hydroxylation is 2. The summed E-state index contributed by atoms with van der Waals surface area (Å²) in [5.41, 5.74) is 6.24. The fourth-order valence-corrected chi connectivity index (χ4v) is 3.25. The molecule has 0 aliphatic heterocycles. The van der Waals surface area contributed by atoms with E-state index in [1.165, 1.54) is 5.56 Å². The van der Waals surface area contributed by atoms with E-state index in [0.29, 0.717) is 25.6 Å². The molecule has 2 N–H and O–H groups in total. The van der Waals surface area contributed by atoms with Gasteiger partial charge in [0.1, 0.15) is 6.26 Å². The number of nitrogens with zero attached hydrogens (tertiary/aromatic N) is 4. The van der Waals surface area contributed by atoms with E-state index < -0.39 is 0 Å². The molecule has 8 heteroatoms. The first-order chi connectivity index (χ1) is 15.0. The first-order valence-electron chi connectivity index (χ1n) is 10.6. The number of guanidine groups is 1. The van der Waals surface area contributed by atoms with Crippen LogP contribution in [0, 0.1) is 20.8 Å². The molecule has 3 aromatic rings. The largest absolute Gasteiger partial charge is 0.444 e. The Morgan fingerprint density at radius 1 is 1.16 bits per heavy atom. The molecule has 0 aliphatic rings. The van der Waals surface area contributed by atoms with E-state index in [1.54, 1.807) is 13.4 Å². The zero-order valence-corrected chi connectivity index (χ0v) is 19.0. The lowest BCUT2D eigenvalue weighted by molar-refractivity contribution is 0.182. The Bertz CT molecular complexity index is 1000. The van der Waals surface area contributed by atoms with Gasteiger partial charge in [-0.2, -0.15) is 5.10 Å². The molecule has 0 atom stereocenters. The number of aliphatic imine (C=N–C) groups is 1. The molecule has 0 radical (unpaired) electrons. The van der Waals surface area contributed by atoms with Gasteiger partial charge in [0.25, 0.3) is 0 Å². The van der Waals surface area contributed by atoms with Gasteiger partial charge in [-0.05, 0) is 39.8 Å². The first kappa shape index (κ1) is 22.6. The number of aromatic nitrogens is 3. The Labute approximate surface area is 183 Å². The van der Waals surface area contributed by atoms with Gasteiger partial charge in [-0.15, -0.1) is 0 Å². The number of oxazole rings is 1. The lowest BCUT2D eigenvalue weighted by Crippen LogP contribution is -2.36. The van der Waals surface area contributed by atoms with Gasteiger partial charge in [-0.25, -0.2) is 9.98 Å². The number of benzene rings is 1. The van der Waals surface area contributed by atoms with Crippen molar-refractivity contribution in [3.63, 3.8) is 0 Å². The summed E-state index contributed by atoms with van der Waals surface area (Å²) >= 11 is 0. The number of hydrogen-bond acceptors (Lipinski definition) is 5. The maximum atomic E-state index is 5.65. The fraction of sp³-hybridized carbons (Fsp3) is 0.435. The normalized spacial score (nSPS) is 11.7. The molecule has 0 amide bonds. The molecular formula is C23H32N6O2. The fourth-order valence-electron chi connectivity index (χ4n) is 3.25. The van der Waals surface area contributed by atoms with Crippen LogP contribution in [-0.4, -0.2) is 41.0 Å². The third-order valence-corrected chi connectivity index (χ3v) is 5.07. The van der Waals surface area contributed by atoms with Crippen LogP contribution in [0.25, 0.3) is 11.5 Å². The summed E-state index contributed by atoms with van der Waals surface area (Å²) < 4.78 is 12.8. The van der Waals surface area contributed by atoms with Crippen molar-refractivity contribution in [1.82, 2.24) is 25.4 Å². The smallest absolute Gasteiger partial charge is 0.226 e. The van der Waals surface area contributed by atoms with Crippen LogP contribution >= 0.6 is 0 Å². The molecule has 0 spiro atoms. The minimum absolute atomic E-state index is 0.520. The molecule has 8 nitrogen and oxygen atoms in total. The van der Waals surface area contributed by atoms with Crippen LogP contribution in [-0.2, 0) is 24.4 Å². The molecule has 166 valence electrons. The lowest BCUT2D eigenvalue weighted by Gasteiger charge is -2.10. The second-order valence-electron chi connectivity index (χ2n) is 7.42. The Morgan fingerprint density at radius 3 is 2.65 bits per heavy atom. The average molecular weight is 425 g/mol. The van der Waals surface area contributed by atoms with Crippen molar-refractivity contribution in [2.45, 2.75) is 47.3 Å². The van der Waals surface area contributed by atoms with Gasteiger partial charge in [-0.3, -0.25) is 4.68 Å². The Hall–Kier alpha value is -3.13. The summed E-state index contributed by atoms with van der Waals surface area (Å²) in [6, 6.07) is 8.13. The van der Waals surface area contributed by atoms with Crippen LogP contribution < -0.4 is 10.6 Å².